The fourth-order valence-corrected chi connectivity index (χ4v) is 2.24. The molecule has 7 N–H and O–H groups in total. The minimum atomic E-state index is -5.14. The van der Waals surface area contributed by atoms with Gasteiger partial charge in [0.2, 0.25) is 5.95 Å². The van der Waals surface area contributed by atoms with E-state index in [0.717, 1.165) is 0 Å². The van der Waals surface area contributed by atoms with E-state index >= 15 is 0 Å². The summed E-state index contributed by atoms with van der Waals surface area (Å²) < 4.78 is 15.3. The second-order valence-corrected chi connectivity index (χ2v) is 5.91. The van der Waals surface area contributed by atoms with E-state index in [-0.39, 0.29) is 76.2 Å². The molecule has 2 aromatic rings. The summed E-state index contributed by atoms with van der Waals surface area (Å²) in [5.41, 5.74) is 5.12. The molecule has 1 aliphatic heterocycles. The SMILES string of the molecule is Nc1nc2c(ncn2[C@@H]2O[C@H](CO)[C@@H](O)[C@H]2O)c(=O)[nH]1.O=P([O-])([O-])O.[Na+].[Na+]. The van der Waals surface area contributed by atoms with Gasteiger partial charge in [0.25, 0.3) is 5.56 Å². The summed E-state index contributed by atoms with van der Waals surface area (Å²) in [5, 5.41) is 28.7. The monoisotopic (exact) mass is 425 g/mol. The number of aromatic amines is 1. The maximum absolute atomic E-state index is 11.7. The molecule has 0 aromatic carbocycles. The van der Waals surface area contributed by atoms with Crippen LogP contribution in [-0.4, -0.2) is 64.7 Å². The maximum atomic E-state index is 11.7. The number of nitrogens with one attached hydrogen (secondary N) is 1. The third-order valence-corrected chi connectivity index (χ3v) is 3.24. The first kappa shape index (κ1) is 27.1. The molecule has 140 valence electrons. The van der Waals surface area contributed by atoms with Gasteiger partial charge in [0.05, 0.1) is 20.8 Å². The number of nitrogens with two attached hydrogens (primary N) is 1. The van der Waals surface area contributed by atoms with E-state index in [1.165, 1.54) is 10.9 Å². The molecule has 27 heavy (non-hydrogen) atoms. The maximum Gasteiger partial charge on any atom is 1.00 e. The van der Waals surface area contributed by atoms with E-state index in [1.807, 2.05) is 0 Å². The number of H-pyrrole nitrogens is 1. The molecule has 0 spiro atoms. The summed E-state index contributed by atoms with van der Waals surface area (Å²) in [4.78, 5) is 46.1. The number of hydrogen-bond donors (Lipinski definition) is 6. The molecule has 14 nitrogen and oxygen atoms in total. The molecule has 0 unspecified atom stereocenters. The van der Waals surface area contributed by atoms with Gasteiger partial charge < -0.3 is 45.0 Å². The smallest absolute Gasteiger partial charge is 0.790 e. The average molecular weight is 425 g/mol. The summed E-state index contributed by atoms with van der Waals surface area (Å²) in [6, 6.07) is 0. The van der Waals surface area contributed by atoms with E-state index in [9.17, 15) is 15.0 Å². The molecule has 0 bridgehead atoms. The predicted octanol–water partition coefficient (Wildman–Crippen LogP) is -10.9. The van der Waals surface area contributed by atoms with Crippen molar-refractivity contribution in [2.45, 2.75) is 24.5 Å². The molecule has 1 aliphatic rings. The molecule has 3 rings (SSSR count). The molecule has 0 amide bonds. The Hall–Kier alpha value is 0.1000. The van der Waals surface area contributed by atoms with Crippen molar-refractivity contribution in [1.29, 1.82) is 0 Å². The number of nitrogen functional groups attached to an aromatic ring is 1. The van der Waals surface area contributed by atoms with E-state index < -0.39 is 44.5 Å². The number of phosphoric acid groups is 1. The van der Waals surface area contributed by atoms with Crippen molar-refractivity contribution < 1.29 is 98.4 Å². The Morgan fingerprint density at radius 2 is 1.89 bits per heavy atom. The molecule has 1 saturated heterocycles. The molecule has 0 radical (unpaired) electrons. The van der Waals surface area contributed by atoms with Crippen LogP contribution < -0.4 is 80.2 Å². The van der Waals surface area contributed by atoms with Gasteiger partial charge in [-0.05, 0) is 0 Å². The van der Waals surface area contributed by atoms with Gasteiger partial charge in [-0.1, -0.05) is 0 Å². The number of imidazole rings is 1. The Kier molecular flexibility index (Phi) is 10.8. The van der Waals surface area contributed by atoms with Crippen LogP contribution in [0.25, 0.3) is 11.2 Å². The molecule has 17 heteroatoms. The van der Waals surface area contributed by atoms with Crippen LogP contribution in [0.4, 0.5) is 5.95 Å². The molecule has 0 aliphatic carbocycles. The van der Waals surface area contributed by atoms with Crippen LogP contribution in [-0.2, 0) is 9.30 Å². The van der Waals surface area contributed by atoms with E-state index in [1.54, 1.807) is 0 Å². The van der Waals surface area contributed by atoms with Gasteiger partial charge >= 0.3 is 59.1 Å². The number of fused-ring (bicyclic) bond motifs is 1. The zero-order valence-corrected chi connectivity index (χ0v) is 19.2. The number of aliphatic hydroxyl groups excluding tert-OH is 3. The van der Waals surface area contributed by atoms with Crippen LogP contribution in [0.3, 0.4) is 0 Å². The predicted molar refractivity (Wildman–Crippen MR) is 75.4 cm³/mol. The van der Waals surface area contributed by atoms with Gasteiger partial charge in [-0.15, -0.1) is 0 Å². The normalized spacial score (nSPS) is 24.5. The summed E-state index contributed by atoms with van der Waals surface area (Å²) >= 11 is 0. The largest absolute Gasteiger partial charge is 1.00 e. The number of ether oxygens (including phenoxy) is 1. The Balaban J connectivity index is 0.000000864. The number of aromatic nitrogens is 4. The minimum Gasteiger partial charge on any atom is -0.790 e. The number of hydrogen-bond acceptors (Lipinski definition) is 11. The van der Waals surface area contributed by atoms with Crippen LogP contribution in [0.15, 0.2) is 11.1 Å². The van der Waals surface area contributed by atoms with Crippen LogP contribution in [0, 0.1) is 0 Å². The third kappa shape index (κ3) is 6.83. The first-order chi connectivity index (χ1) is 11.5. The third-order valence-electron chi connectivity index (χ3n) is 3.24. The first-order valence-electron chi connectivity index (χ1n) is 6.62. The van der Waals surface area contributed by atoms with Crippen molar-refractivity contribution in [3.05, 3.63) is 16.7 Å². The quantitative estimate of drug-likeness (QED) is 0.194. The summed E-state index contributed by atoms with van der Waals surface area (Å²) in [6.07, 6.45) is -3.21. The summed E-state index contributed by atoms with van der Waals surface area (Å²) in [6.45, 7) is -0.447. The minimum absolute atomic E-state index is 0. The molecular weight excluding hydrogens is 411 g/mol. The van der Waals surface area contributed by atoms with Gasteiger partial charge in [-0.2, -0.15) is 4.98 Å². The van der Waals surface area contributed by atoms with Crippen molar-refractivity contribution in [3.63, 3.8) is 0 Å². The molecule has 2 aromatic heterocycles. The van der Waals surface area contributed by atoms with Gasteiger partial charge in [0.15, 0.2) is 17.4 Å². The van der Waals surface area contributed by atoms with Crippen molar-refractivity contribution in [3.8, 4) is 0 Å². The summed E-state index contributed by atoms with van der Waals surface area (Å²) in [5.74, 6) is -0.101. The molecular formula is C10H14N5Na2O9P. The van der Waals surface area contributed by atoms with Crippen LogP contribution in [0.2, 0.25) is 0 Å². The Bertz CT molecular complexity index is 849. The fourth-order valence-electron chi connectivity index (χ4n) is 2.24. The first-order valence-corrected chi connectivity index (χ1v) is 8.12. The number of anilines is 1. The Labute approximate surface area is 195 Å². The van der Waals surface area contributed by atoms with Gasteiger partial charge in [-0.3, -0.25) is 14.3 Å². The number of nitrogens with zero attached hydrogens (tertiary/aromatic N) is 3. The Morgan fingerprint density at radius 1 is 1.33 bits per heavy atom. The van der Waals surface area contributed by atoms with Crippen LogP contribution in [0.5, 0.6) is 0 Å². The topological polar surface area (TPSA) is 243 Å². The zero-order valence-electron chi connectivity index (χ0n) is 14.3. The molecule has 3 heterocycles. The van der Waals surface area contributed by atoms with Crippen molar-refractivity contribution in [2.75, 3.05) is 12.3 Å². The fraction of sp³-hybridized carbons (Fsp3) is 0.500. The second-order valence-electron chi connectivity index (χ2n) is 4.97. The molecule has 1 fully saturated rings. The van der Waals surface area contributed by atoms with Gasteiger partial charge in [0.1, 0.15) is 18.3 Å². The van der Waals surface area contributed by atoms with Crippen molar-refractivity contribution in [2.24, 2.45) is 0 Å². The van der Waals surface area contributed by atoms with Crippen molar-refractivity contribution >= 4 is 24.9 Å². The average Bonchev–Trinajstić information content (AvgIpc) is 3.00. The van der Waals surface area contributed by atoms with E-state index in [0.29, 0.717) is 0 Å². The van der Waals surface area contributed by atoms with Crippen molar-refractivity contribution in [1.82, 2.24) is 19.5 Å². The summed E-state index contributed by atoms with van der Waals surface area (Å²) in [7, 11) is -5.14. The standard InChI is InChI=1S/C10H13N5O5.2Na.H3O4P/c11-10-13-7-4(8(19)14-10)12-2-15(7)9-6(18)5(17)3(1-16)20-9;;;1-5(2,3)4/h2-3,5-6,9,16-18H,1H2,(H3,11,13,14,19);;;(H3,1,2,3,4)/q;2*+1;/p-2/t3-,5-,6-,9-;;;/m1.../s1. The van der Waals surface area contributed by atoms with Crippen LogP contribution >= 0.6 is 7.82 Å². The van der Waals surface area contributed by atoms with Gasteiger partial charge in [-0.25, -0.2) is 4.98 Å². The number of aliphatic hydroxyl groups is 3. The number of rotatable bonds is 2. The van der Waals surface area contributed by atoms with E-state index in [4.69, 9.17) is 34.8 Å². The van der Waals surface area contributed by atoms with Gasteiger partial charge in [0, 0.05) is 0 Å². The molecule has 4 atom stereocenters. The zero-order chi connectivity index (χ0) is 18.9. The second kappa shape index (κ2) is 10.8. The molecule has 0 saturated carbocycles. The van der Waals surface area contributed by atoms with Crippen LogP contribution in [0.1, 0.15) is 6.23 Å². The van der Waals surface area contributed by atoms with E-state index in [2.05, 4.69) is 15.0 Å². The Morgan fingerprint density at radius 3 is 2.37 bits per heavy atom.